The molecular weight excluding hydrogens is 196 g/mol. The van der Waals surface area contributed by atoms with E-state index in [-0.39, 0.29) is 12.5 Å². The lowest BCUT2D eigenvalue weighted by Gasteiger charge is -2.10. The number of nitrogens with one attached hydrogen (secondary N) is 1. The highest BCUT2D eigenvalue weighted by atomic mass is 16.4. The Kier molecular flexibility index (Phi) is 4.23. The molecule has 0 aliphatic carbocycles. The van der Waals surface area contributed by atoms with Crippen LogP contribution in [0.1, 0.15) is 19.2 Å². The van der Waals surface area contributed by atoms with E-state index in [1.54, 1.807) is 6.33 Å². The van der Waals surface area contributed by atoms with Gasteiger partial charge >= 0.3 is 5.97 Å². The number of carboxylic acid groups (broad SMARTS) is 1. The largest absolute Gasteiger partial charge is 0.481 e. The van der Waals surface area contributed by atoms with Crippen molar-refractivity contribution in [3.8, 4) is 0 Å². The van der Waals surface area contributed by atoms with Crippen molar-refractivity contribution in [3.05, 3.63) is 12.2 Å². The van der Waals surface area contributed by atoms with Gasteiger partial charge in [0.2, 0.25) is 0 Å². The van der Waals surface area contributed by atoms with E-state index < -0.39 is 5.97 Å². The van der Waals surface area contributed by atoms with E-state index in [4.69, 9.17) is 5.11 Å². The molecule has 0 saturated carbocycles. The number of carbonyl (C=O) groups is 1. The van der Waals surface area contributed by atoms with Crippen molar-refractivity contribution in [2.45, 2.75) is 25.8 Å². The Labute approximate surface area is 88.3 Å². The quantitative estimate of drug-likeness (QED) is 0.683. The van der Waals surface area contributed by atoms with Crippen LogP contribution < -0.4 is 5.32 Å². The third-order valence-corrected chi connectivity index (χ3v) is 2.13. The first kappa shape index (κ1) is 11.6. The molecule has 0 amide bonds. The Bertz CT molecular complexity index is 324. The smallest absolute Gasteiger partial charge is 0.304 e. The van der Waals surface area contributed by atoms with E-state index in [9.17, 15) is 4.79 Å². The molecule has 0 aromatic carbocycles. The van der Waals surface area contributed by atoms with Crippen LogP contribution in [0.25, 0.3) is 0 Å². The Morgan fingerprint density at radius 1 is 1.73 bits per heavy atom. The lowest BCUT2D eigenvalue weighted by molar-refractivity contribution is -0.137. The van der Waals surface area contributed by atoms with Gasteiger partial charge in [-0.25, -0.2) is 0 Å². The minimum absolute atomic E-state index is 0.0178. The van der Waals surface area contributed by atoms with Crippen LogP contribution >= 0.6 is 0 Å². The molecule has 1 rings (SSSR count). The van der Waals surface area contributed by atoms with Crippen molar-refractivity contribution in [3.63, 3.8) is 0 Å². The average molecular weight is 212 g/mol. The van der Waals surface area contributed by atoms with E-state index >= 15 is 0 Å². The predicted molar refractivity (Wildman–Crippen MR) is 54.4 cm³/mol. The molecule has 6 heteroatoms. The maximum Gasteiger partial charge on any atom is 0.304 e. The fraction of sp³-hybridized carbons (Fsp3) is 0.667. The van der Waals surface area contributed by atoms with Crippen LogP contribution in [-0.4, -0.2) is 38.4 Å². The van der Waals surface area contributed by atoms with Crippen LogP contribution in [0.4, 0.5) is 0 Å². The third-order valence-electron chi connectivity index (χ3n) is 2.13. The first-order chi connectivity index (χ1) is 7.09. The van der Waals surface area contributed by atoms with Crippen molar-refractivity contribution in [2.24, 2.45) is 7.05 Å². The number of rotatable bonds is 6. The molecule has 0 radical (unpaired) electrons. The molecule has 0 aliphatic heterocycles. The summed E-state index contributed by atoms with van der Waals surface area (Å²) in [5, 5.41) is 19.4. The number of aliphatic carboxylic acids is 1. The molecule has 0 aliphatic rings. The van der Waals surface area contributed by atoms with Crippen LogP contribution in [0.2, 0.25) is 0 Å². The first-order valence-corrected chi connectivity index (χ1v) is 4.87. The van der Waals surface area contributed by atoms with Crippen molar-refractivity contribution < 1.29 is 9.90 Å². The number of hydrogen-bond acceptors (Lipinski definition) is 4. The maximum atomic E-state index is 10.4. The molecule has 2 N–H and O–H groups in total. The summed E-state index contributed by atoms with van der Waals surface area (Å²) in [5.41, 5.74) is 0. The monoisotopic (exact) mass is 212 g/mol. The molecule has 84 valence electrons. The second-order valence-electron chi connectivity index (χ2n) is 3.56. The van der Waals surface area contributed by atoms with Crippen molar-refractivity contribution >= 4 is 5.97 Å². The van der Waals surface area contributed by atoms with E-state index in [0.29, 0.717) is 6.54 Å². The van der Waals surface area contributed by atoms with Gasteiger partial charge in [0, 0.05) is 26.1 Å². The van der Waals surface area contributed by atoms with Crippen LogP contribution in [0.3, 0.4) is 0 Å². The molecule has 0 bridgehead atoms. The number of nitrogens with zero attached hydrogens (tertiary/aromatic N) is 3. The highest BCUT2D eigenvalue weighted by Crippen LogP contribution is 1.94. The highest BCUT2D eigenvalue weighted by molar-refractivity contribution is 5.67. The van der Waals surface area contributed by atoms with Crippen molar-refractivity contribution in [1.82, 2.24) is 20.1 Å². The summed E-state index contributed by atoms with van der Waals surface area (Å²) in [6.45, 7) is 2.56. The second-order valence-corrected chi connectivity index (χ2v) is 3.56. The fourth-order valence-electron chi connectivity index (χ4n) is 1.30. The zero-order chi connectivity index (χ0) is 11.3. The number of hydrogen-bond donors (Lipinski definition) is 2. The standard InChI is InChI=1S/C9H16N4O2/c1-7(5-9(14)15)10-4-3-8-12-11-6-13(8)2/h6-7,10H,3-5H2,1-2H3,(H,14,15). The van der Waals surface area contributed by atoms with Gasteiger partial charge < -0.3 is 15.0 Å². The van der Waals surface area contributed by atoms with Gasteiger partial charge in [0.25, 0.3) is 0 Å². The normalized spacial score (nSPS) is 12.7. The molecule has 6 nitrogen and oxygen atoms in total. The van der Waals surface area contributed by atoms with Crippen molar-refractivity contribution in [1.29, 1.82) is 0 Å². The molecule has 1 aromatic heterocycles. The van der Waals surface area contributed by atoms with Gasteiger partial charge in [-0.15, -0.1) is 10.2 Å². The Morgan fingerprint density at radius 2 is 2.47 bits per heavy atom. The maximum absolute atomic E-state index is 10.4. The zero-order valence-corrected chi connectivity index (χ0v) is 8.97. The summed E-state index contributed by atoms with van der Waals surface area (Å²) in [4.78, 5) is 10.4. The summed E-state index contributed by atoms with van der Waals surface area (Å²) >= 11 is 0. The Morgan fingerprint density at radius 3 is 3.00 bits per heavy atom. The fourth-order valence-corrected chi connectivity index (χ4v) is 1.30. The van der Waals surface area contributed by atoms with Gasteiger partial charge in [0.05, 0.1) is 6.42 Å². The highest BCUT2D eigenvalue weighted by Gasteiger charge is 2.07. The minimum atomic E-state index is -0.784. The molecule has 0 fully saturated rings. The Balaban J connectivity index is 2.22. The second kappa shape index (κ2) is 5.45. The zero-order valence-electron chi connectivity index (χ0n) is 8.97. The van der Waals surface area contributed by atoms with Crippen molar-refractivity contribution in [2.75, 3.05) is 6.54 Å². The lowest BCUT2D eigenvalue weighted by atomic mass is 10.2. The minimum Gasteiger partial charge on any atom is -0.481 e. The van der Waals surface area contributed by atoms with Gasteiger partial charge in [0.1, 0.15) is 12.2 Å². The molecule has 1 unspecified atom stereocenters. The predicted octanol–water partition coefficient (Wildman–Crippen LogP) is -0.190. The van der Waals surface area contributed by atoms with Gasteiger partial charge in [-0.3, -0.25) is 4.79 Å². The molecule has 0 saturated heterocycles. The van der Waals surface area contributed by atoms with E-state index in [1.807, 2.05) is 18.5 Å². The summed E-state index contributed by atoms with van der Waals surface area (Å²) in [7, 11) is 1.88. The lowest BCUT2D eigenvalue weighted by Crippen LogP contribution is -2.30. The molecule has 1 atom stereocenters. The van der Waals surface area contributed by atoms with Gasteiger partial charge in [-0.1, -0.05) is 0 Å². The van der Waals surface area contributed by atoms with E-state index in [1.165, 1.54) is 0 Å². The third kappa shape index (κ3) is 4.07. The number of aryl methyl sites for hydroxylation is 1. The SMILES string of the molecule is CC(CC(=O)O)NCCc1nncn1C. The number of carboxylic acids is 1. The molecule has 15 heavy (non-hydrogen) atoms. The summed E-state index contributed by atoms with van der Waals surface area (Å²) in [5.74, 6) is 0.110. The molecule has 1 aromatic rings. The average Bonchev–Trinajstić information content (AvgIpc) is 2.50. The van der Waals surface area contributed by atoms with Crippen LogP contribution in [0.5, 0.6) is 0 Å². The van der Waals surface area contributed by atoms with Crippen LogP contribution in [0, 0.1) is 0 Å². The van der Waals surface area contributed by atoms with Crippen LogP contribution in [-0.2, 0) is 18.3 Å². The summed E-state index contributed by atoms with van der Waals surface area (Å²) in [6.07, 6.45) is 2.54. The molecule has 0 spiro atoms. The topological polar surface area (TPSA) is 80.0 Å². The number of aromatic nitrogens is 3. The molecular formula is C9H16N4O2. The van der Waals surface area contributed by atoms with Gasteiger partial charge in [0.15, 0.2) is 0 Å². The summed E-state index contributed by atoms with van der Waals surface area (Å²) < 4.78 is 1.85. The van der Waals surface area contributed by atoms with E-state index in [0.717, 1.165) is 12.2 Å². The summed E-state index contributed by atoms with van der Waals surface area (Å²) in [6, 6.07) is -0.0178. The van der Waals surface area contributed by atoms with Gasteiger partial charge in [-0.2, -0.15) is 0 Å². The van der Waals surface area contributed by atoms with Crippen LogP contribution in [0.15, 0.2) is 6.33 Å². The first-order valence-electron chi connectivity index (χ1n) is 4.87. The van der Waals surface area contributed by atoms with Gasteiger partial charge in [-0.05, 0) is 6.92 Å². The molecule has 1 heterocycles. The Hall–Kier alpha value is -1.43. The van der Waals surface area contributed by atoms with E-state index in [2.05, 4.69) is 15.5 Å².